The van der Waals surface area contributed by atoms with Crippen LogP contribution in [0.5, 0.6) is 0 Å². The van der Waals surface area contributed by atoms with Crippen LogP contribution < -0.4 is 0 Å². The lowest BCUT2D eigenvalue weighted by Crippen LogP contribution is -1.93. The fourth-order valence-electron chi connectivity index (χ4n) is 4.29. The highest BCUT2D eigenvalue weighted by Gasteiger charge is 2.15. The normalized spacial score (nSPS) is 11.6. The number of halogens is 1. The quantitative estimate of drug-likeness (QED) is 0.266. The van der Waals surface area contributed by atoms with E-state index in [2.05, 4.69) is 128 Å². The van der Waals surface area contributed by atoms with Crippen molar-refractivity contribution in [3.63, 3.8) is 0 Å². The van der Waals surface area contributed by atoms with Crippen molar-refractivity contribution >= 4 is 48.6 Å². The zero-order valence-electron chi connectivity index (χ0n) is 15.6. The van der Waals surface area contributed by atoms with Gasteiger partial charge in [-0.15, -0.1) is 0 Å². The molecule has 0 bridgehead atoms. The number of benzene rings is 4. The van der Waals surface area contributed by atoms with Gasteiger partial charge in [0.15, 0.2) is 0 Å². The molecule has 0 N–H and O–H groups in total. The van der Waals surface area contributed by atoms with Crippen LogP contribution in [0.1, 0.15) is 0 Å². The van der Waals surface area contributed by atoms with Crippen molar-refractivity contribution in [3.05, 3.63) is 108 Å². The van der Waals surface area contributed by atoms with Gasteiger partial charge in [-0.25, -0.2) is 0 Å². The van der Waals surface area contributed by atoms with Gasteiger partial charge in [0.25, 0.3) is 0 Å². The smallest absolute Gasteiger partial charge is 0.0548 e. The summed E-state index contributed by atoms with van der Waals surface area (Å²) in [6, 6.07) is 34.5. The fourth-order valence-corrected chi connectivity index (χ4v) is 4.65. The Balaban J connectivity index is 1.75. The van der Waals surface area contributed by atoms with Gasteiger partial charge in [0.1, 0.15) is 0 Å². The van der Waals surface area contributed by atoms with E-state index < -0.39 is 0 Å². The molecule has 4 aromatic carbocycles. The van der Waals surface area contributed by atoms with Gasteiger partial charge < -0.3 is 9.13 Å². The van der Waals surface area contributed by atoms with Gasteiger partial charge in [-0.3, -0.25) is 0 Å². The van der Waals surface area contributed by atoms with Crippen LogP contribution >= 0.6 is 15.9 Å². The first-order chi connectivity index (χ1) is 14.3. The first-order valence-electron chi connectivity index (χ1n) is 9.65. The van der Waals surface area contributed by atoms with Crippen molar-refractivity contribution in [2.75, 3.05) is 0 Å². The van der Waals surface area contributed by atoms with Crippen LogP contribution in [-0.2, 0) is 0 Å². The molecule has 2 nitrogen and oxygen atoms in total. The minimum Gasteiger partial charge on any atom is -0.317 e. The maximum absolute atomic E-state index is 3.66. The lowest BCUT2D eigenvalue weighted by Gasteiger charge is -2.08. The number of para-hydroxylation sites is 2. The van der Waals surface area contributed by atoms with E-state index in [0.717, 1.165) is 4.47 Å². The number of aromatic nitrogens is 2. The van der Waals surface area contributed by atoms with Crippen molar-refractivity contribution < 1.29 is 0 Å². The summed E-state index contributed by atoms with van der Waals surface area (Å²) in [6.07, 6.45) is 2.16. The van der Waals surface area contributed by atoms with Crippen molar-refractivity contribution in [1.82, 2.24) is 9.13 Å². The molecule has 3 heteroatoms. The highest BCUT2D eigenvalue weighted by atomic mass is 79.9. The van der Waals surface area contributed by atoms with Crippen LogP contribution in [0, 0.1) is 0 Å². The van der Waals surface area contributed by atoms with E-state index in [1.807, 2.05) is 0 Å². The van der Waals surface area contributed by atoms with Crippen molar-refractivity contribution in [3.8, 4) is 11.4 Å². The monoisotopic (exact) mass is 436 g/mol. The highest BCUT2D eigenvalue weighted by Crippen LogP contribution is 2.36. The van der Waals surface area contributed by atoms with Gasteiger partial charge in [0, 0.05) is 38.2 Å². The maximum Gasteiger partial charge on any atom is 0.0548 e. The molecule has 0 aliphatic carbocycles. The zero-order valence-corrected chi connectivity index (χ0v) is 17.2. The Bertz CT molecular complexity index is 1490. The number of hydrogen-bond donors (Lipinski definition) is 0. The van der Waals surface area contributed by atoms with Crippen molar-refractivity contribution in [1.29, 1.82) is 0 Å². The molecular weight excluding hydrogens is 420 g/mol. The molecule has 29 heavy (non-hydrogen) atoms. The molecule has 0 radical (unpaired) electrons. The molecule has 0 atom stereocenters. The third kappa shape index (κ3) is 2.55. The largest absolute Gasteiger partial charge is 0.317 e. The lowest BCUT2D eigenvalue weighted by atomic mass is 10.1. The highest BCUT2D eigenvalue weighted by molar-refractivity contribution is 9.10. The topological polar surface area (TPSA) is 9.86 Å². The number of nitrogens with zero attached hydrogens (tertiary/aromatic N) is 2. The average Bonchev–Trinajstić information content (AvgIpc) is 3.32. The number of rotatable bonds is 2. The van der Waals surface area contributed by atoms with Crippen LogP contribution in [0.15, 0.2) is 108 Å². The van der Waals surface area contributed by atoms with E-state index in [-0.39, 0.29) is 0 Å². The van der Waals surface area contributed by atoms with Crippen molar-refractivity contribution in [2.45, 2.75) is 0 Å². The molecule has 6 aromatic rings. The molecule has 2 aromatic heterocycles. The summed E-state index contributed by atoms with van der Waals surface area (Å²) >= 11 is 3.66. The first kappa shape index (κ1) is 16.6. The molecule has 0 aliphatic rings. The Morgan fingerprint density at radius 3 is 2.00 bits per heavy atom. The van der Waals surface area contributed by atoms with Crippen molar-refractivity contribution in [2.24, 2.45) is 0 Å². The van der Waals surface area contributed by atoms with E-state index in [1.54, 1.807) is 0 Å². The molecule has 0 fully saturated rings. The van der Waals surface area contributed by atoms with E-state index in [0.29, 0.717) is 0 Å². The Hall–Kier alpha value is -3.30. The third-order valence-corrected chi connectivity index (χ3v) is 6.08. The zero-order chi connectivity index (χ0) is 19.4. The van der Waals surface area contributed by atoms with Crippen LogP contribution in [0.2, 0.25) is 0 Å². The predicted octanol–water partition coefficient (Wildman–Crippen LogP) is 7.49. The molecule has 138 valence electrons. The second-order valence-corrected chi connectivity index (χ2v) is 8.20. The number of hydrogen-bond acceptors (Lipinski definition) is 0. The second kappa shape index (κ2) is 6.36. The van der Waals surface area contributed by atoms with Crippen LogP contribution in [0.4, 0.5) is 0 Å². The molecule has 2 heterocycles. The van der Waals surface area contributed by atoms with Gasteiger partial charge >= 0.3 is 0 Å². The van der Waals surface area contributed by atoms with Crippen LogP contribution in [0.25, 0.3) is 44.1 Å². The van der Waals surface area contributed by atoms with Gasteiger partial charge in [-0.1, -0.05) is 52.3 Å². The minimum absolute atomic E-state index is 1.09. The standard InChI is InChI=1S/C26H17BrN2/c27-19-11-12-24-22(16-19)23-17-25-18(13-14-28(25)20-7-3-1-4-8-20)15-26(23)29(24)21-9-5-2-6-10-21/h1-17H. The molecule has 0 amide bonds. The molecule has 0 spiro atoms. The summed E-state index contributed by atoms with van der Waals surface area (Å²) in [5, 5.41) is 3.75. The Kier molecular flexibility index (Phi) is 3.65. The number of fused-ring (bicyclic) bond motifs is 4. The Labute approximate surface area is 176 Å². The van der Waals surface area contributed by atoms with E-state index in [4.69, 9.17) is 0 Å². The molecule has 0 saturated carbocycles. The van der Waals surface area contributed by atoms with E-state index >= 15 is 0 Å². The molecule has 0 aliphatic heterocycles. The fraction of sp³-hybridized carbons (Fsp3) is 0. The molecule has 0 unspecified atom stereocenters. The third-order valence-electron chi connectivity index (χ3n) is 5.59. The van der Waals surface area contributed by atoms with E-state index in [1.165, 1.54) is 44.1 Å². The summed E-state index contributed by atoms with van der Waals surface area (Å²) < 4.78 is 5.71. The minimum atomic E-state index is 1.09. The molecule has 6 rings (SSSR count). The van der Waals surface area contributed by atoms with Gasteiger partial charge in [0.05, 0.1) is 16.6 Å². The van der Waals surface area contributed by atoms with E-state index in [9.17, 15) is 0 Å². The maximum atomic E-state index is 3.66. The van der Waals surface area contributed by atoms with Gasteiger partial charge in [-0.05, 0) is 60.7 Å². The first-order valence-corrected chi connectivity index (χ1v) is 10.4. The molecular formula is C26H17BrN2. The van der Waals surface area contributed by atoms with Gasteiger partial charge in [0.2, 0.25) is 0 Å². The summed E-state index contributed by atoms with van der Waals surface area (Å²) in [4.78, 5) is 0. The summed E-state index contributed by atoms with van der Waals surface area (Å²) in [5.41, 5.74) is 6.01. The Morgan fingerprint density at radius 2 is 1.24 bits per heavy atom. The lowest BCUT2D eigenvalue weighted by molar-refractivity contribution is 1.13. The summed E-state index contributed by atoms with van der Waals surface area (Å²) in [6.45, 7) is 0. The predicted molar refractivity (Wildman–Crippen MR) is 125 cm³/mol. The average molecular weight is 437 g/mol. The summed E-state index contributed by atoms with van der Waals surface area (Å²) in [7, 11) is 0. The Morgan fingerprint density at radius 1 is 0.552 bits per heavy atom. The van der Waals surface area contributed by atoms with Crippen LogP contribution in [0.3, 0.4) is 0 Å². The summed E-state index contributed by atoms with van der Waals surface area (Å²) in [5.74, 6) is 0. The SMILES string of the molecule is Brc1ccc2c(c1)c1cc3c(ccn3-c3ccccc3)cc1n2-c1ccccc1. The molecule has 0 saturated heterocycles. The van der Waals surface area contributed by atoms with Gasteiger partial charge in [-0.2, -0.15) is 0 Å². The van der Waals surface area contributed by atoms with Crippen LogP contribution in [-0.4, -0.2) is 9.13 Å². The second-order valence-electron chi connectivity index (χ2n) is 7.28.